The van der Waals surface area contributed by atoms with Gasteiger partial charge in [0.15, 0.2) is 5.65 Å². The summed E-state index contributed by atoms with van der Waals surface area (Å²) in [5, 5.41) is 3.94. The lowest BCUT2D eigenvalue weighted by Crippen LogP contribution is -1.91. The van der Waals surface area contributed by atoms with Crippen molar-refractivity contribution < 1.29 is 0 Å². The van der Waals surface area contributed by atoms with Gasteiger partial charge in [-0.3, -0.25) is 0 Å². The number of aryl methyl sites for hydroxylation is 2. The van der Waals surface area contributed by atoms with Crippen LogP contribution in [0.5, 0.6) is 0 Å². The molecule has 62 valence electrons. The van der Waals surface area contributed by atoms with Crippen LogP contribution in [-0.4, -0.2) is 14.6 Å². The summed E-state index contributed by atoms with van der Waals surface area (Å²) in [6.45, 7) is 6.17. The highest BCUT2D eigenvalue weighted by molar-refractivity contribution is 7.13. The Bertz CT molecular complexity index is 433. The minimum atomic E-state index is 0.778. The van der Waals surface area contributed by atoms with Crippen LogP contribution in [0.15, 0.2) is 0 Å². The van der Waals surface area contributed by atoms with E-state index in [0.717, 1.165) is 16.0 Å². The first-order chi connectivity index (χ1) is 5.70. The summed E-state index contributed by atoms with van der Waals surface area (Å²) in [5.74, 6) is 0. The van der Waals surface area contributed by atoms with Crippen molar-refractivity contribution in [3.05, 3.63) is 16.8 Å². The van der Waals surface area contributed by atoms with E-state index in [2.05, 4.69) is 28.4 Å². The van der Waals surface area contributed by atoms with Gasteiger partial charge in [0, 0.05) is 5.69 Å². The third kappa shape index (κ3) is 0.914. The standard InChI is InChI=1S/C8H9N3S/c1-4-5(2)7-8(9-6(4)3)10-11-12-7/h1-3H3. The fraction of sp³-hybridized carbons (Fsp3) is 0.375. The summed E-state index contributed by atoms with van der Waals surface area (Å²) in [5.41, 5.74) is 4.33. The van der Waals surface area contributed by atoms with Crippen LogP contribution in [0.25, 0.3) is 10.3 Å². The molecule has 2 aromatic heterocycles. The molecule has 0 atom stereocenters. The summed E-state index contributed by atoms with van der Waals surface area (Å²) < 4.78 is 4.98. The molecule has 0 fully saturated rings. The van der Waals surface area contributed by atoms with E-state index in [9.17, 15) is 0 Å². The van der Waals surface area contributed by atoms with Crippen molar-refractivity contribution in [1.29, 1.82) is 0 Å². The topological polar surface area (TPSA) is 38.7 Å². The molecule has 0 bridgehead atoms. The number of hydrogen-bond donors (Lipinski definition) is 0. The highest BCUT2D eigenvalue weighted by Gasteiger charge is 2.07. The Kier molecular flexibility index (Phi) is 1.58. The first kappa shape index (κ1) is 7.61. The lowest BCUT2D eigenvalue weighted by Gasteiger charge is -2.02. The maximum Gasteiger partial charge on any atom is 0.194 e. The van der Waals surface area contributed by atoms with Crippen LogP contribution >= 0.6 is 11.5 Å². The predicted octanol–water partition coefficient (Wildman–Crippen LogP) is 2.01. The van der Waals surface area contributed by atoms with Gasteiger partial charge in [-0.2, -0.15) is 0 Å². The summed E-state index contributed by atoms with van der Waals surface area (Å²) in [6.07, 6.45) is 0. The zero-order valence-corrected chi connectivity index (χ0v) is 8.07. The molecule has 2 heterocycles. The molecule has 2 rings (SSSR count). The van der Waals surface area contributed by atoms with E-state index in [1.165, 1.54) is 22.7 Å². The highest BCUT2D eigenvalue weighted by atomic mass is 32.1. The van der Waals surface area contributed by atoms with Crippen molar-refractivity contribution >= 4 is 21.9 Å². The van der Waals surface area contributed by atoms with E-state index in [1.807, 2.05) is 6.92 Å². The molecule has 0 amide bonds. The van der Waals surface area contributed by atoms with Gasteiger partial charge in [-0.05, 0) is 43.4 Å². The van der Waals surface area contributed by atoms with Crippen LogP contribution in [0.1, 0.15) is 16.8 Å². The summed E-state index contributed by atoms with van der Waals surface area (Å²) in [6, 6.07) is 0. The lowest BCUT2D eigenvalue weighted by atomic mass is 10.1. The lowest BCUT2D eigenvalue weighted by molar-refractivity contribution is 1.11. The maximum atomic E-state index is 4.33. The summed E-state index contributed by atoms with van der Waals surface area (Å²) in [7, 11) is 0. The molecule has 0 saturated carbocycles. The van der Waals surface area contributed by atoms with Crippen molar-refractivity contribution in [2.45, 2.75) is 20.8 Å². The van der Waals surface area contributed by atoms with E-state index in [4.69, 9.17) is 0 Å². The van der Waals surface area contributed by atoms with Crippen LogP contribution in [-0.2, 0) is 0 Å². The van der Waals surface area contributed by atoms with Crippen molar-refractivity contribution in [2.75, 3.05) is 0 Å². The molecule has 12 heavy (non-hydrogen) atoms. The number of fused-ring (bicyclic) bond motifs is 1. The maximum absolute atomic E-state index is 4.33. The smallest absolute Gasteiger partial charge is 0.194 e. The van der Waals surface area contributed by atoms with E-state index < -0.39 is 0 Å². The SMILES string of the molecule is Cc1nc2nnsc2c(C)c1C. The Morgan fingerprint density at radius 2 is 1.83 bits per heavy atom. The van der Waals surface area contributed by atoms with Crippen LogP contribution in [0.3, 0.4) is 0 Å². The second kappa shape index (κ2) is 2.48. The quantitative estimate of drug-likeness (QED) is 0.621. The molecule has 0 aromatic carbocycles. The predicted molar refractivity (Wildman–Crippen MR) is 49.4 cm³/mol. The summed E-state index contributed by atoms with van der Waals surface area (Å²) in [4.78, 5) is 4.33. The third-order valence-electron chi connectivity index (χ3n) is 2.19. The average Bonchev–Trinajstić information content (AvgIpc) is 2.48. The number of aromatic nitrogens is 3. The molecule has 0 N–H and O–H groups in total. The van der Waals surface area contributed by atoms with Crippen molar-refractivity contribution in [1.82, 2.24) is 14.6 Å². The van der Waals surface area contributed by atoms with Gasteiger partial charge < -0.3 is 0 Å². The van der Waals surface area contributed by atoms with Gasteiger partial charge in [0.25, 0.3) is 0 Å². The first-order valence-electron chi connectivity index (χ1n) is 3.76. The van der Waals surface area contributed by atoms with Crippen molar-refractivity contribution in [3.63, 3.8) is 0 Å². The molecular formula is C8H9N3S. The minimum absolute atomic E-state index is 0.778. The third-order valence-corrected chi connectivity index (χ3v) is 3.02. The van der Waals surface area contributed by atoms with Crippen LogP contribution < -0.4 is 0 Å². The van der Waals surface area contributed by atoms with Gasteiger partial charge in [-0.1, -0.05) is 4.49 Å². The highest BCUT2D eigenvalue weighted by Crippen LogP contribution is 2.22. The fourth-order valence-corrected chi connectivity index (χ4v) is 1.84. The fourth-order valence-electron chi connectivity index (χ4n) is 1.18. The monoisotopic (exact) mass is 179 g/mol. The molecule has 0 radical (unpaired) electrons. The number of nitrogens with zero attached hydrogens (tertiary/aromatic N) is 3. The Labute approximate surface area is 74.6 Å². The normalized spacial score (nSPS) is 10.9. The Morgan fingerprint density at radius 3 is 2.58 bits per heavy atom. The van der Waals surface area contributed by atoms with Gasteiger partial charge in [-0.15, -0.1) is 5.10 Å². The van der Waals surface area contributed by atoms with Gasteiger partial charge >= 0.3 is 0 Å². The Balaban J connectivity index is 2.94. The van der Waals surface area contributed by atoms with Gasteiger partial charge in [0.05, 0.1) is 4.70 Å². The Morgan fingerprint density at radius 1 is 1.08 bits per heavy atom. The second-order valence-electron chi connectivity index (χ2n) is 2.87. The van der Waals surface area contributed by atoms with E-state index >= 15 is 0 Å². The number of rotatable bonds is 0. The van der Waals surface area contributed by atoms with Gasteiger partial charge in [0.1, 0.15) is 0 Å². The molecule has 0 spiro atoms. The molecule has 0 saturated heterocycles. The average molecular weight is 179 g/mol. The molecule has 2 aromatic rings. The van der Waals surface area contributed by atoms with E-state index in [0.29, 0.717) is 0 Å². The summed E-state index contributed by atoms with van der Waals surface area (Å²) >= 11 is 1.41. The van der Waals surface area contributed by atoms with E-state index in [-0.39, 0.29) is 0 Å². The first-order valence-corrected chi connectivity index (χ1v) is 4.53. The second-order valence-corrected chi connectivity index (χ2v) is 3.63. The molecule has 0 unspecified atom stereocenters. The number of hydrogen-bond acceptors (Lipinski definition) is 4. The molecular weight excluding hydrogens is 170 g/mol. The molecule has 0 aliphatic rings. The van der Waals surface area contributed by atoms with E-state index in [1.54, 1.807) is 0 Å². The van der Waals surface area contributed by atoms with Gasteiger partial charge in [0.2, 0.25) is 0 Å². The molecule has 0 aliphatic heterocycles. The number of pyridine rings is 1. The Hall–Kier alpha value is -1.03. The van der Waals surface area contributed by atoms with Crippen LogP contribution in [0.2, 0.25) is 0 Å². The van der Waals surface area contributed by atoms with Crippen molar-refractivity contribution in [3.8, 4) is 0 Å². The van der Waals surface area contributed by atoms with Gasteiger partial charge in [-0.25, -0.2) is 4.98 Å². The van der Waals surface area contributed by atoms with Crippen LogP contribution in [0, 0.1) is 20.8 Å². The van der Waals surface area contributed by atoms with Crippen LogP contribution in [0.4, 0.5) is 0 Å². The molecule has 4 heteroatoms. The van der Waals surface area contributed by atoms with Crippen molar-refractivity contribution in [2.24, 2.45) is 0 Å². The molecule has 3 nitrogen and oxygen atoms in total. The zero-order chi connectivity index (χ0) is 8.72. The minimum Gasteiger partial charge on any atom is -0.231 e. The largest absolute Gasteiger partial charge is 0.231 e. The zero-order valence-electron chi connectivity index (χ0n) is 7.25. The molecule has 0 aliphatic carbocycles.